The maximum absolute atomic E-state index is 12.6. The summed E-state index contributed by atoms with van der Waals surface area (Å²) in [7, 11) is 1.62. The minimum Gasteiger partial charge on any atom is -0.496 e. The summed E-state index contributed by atoms with van der Waals surface area (Å²) in [6.07, 6.45) is 3.42. The van der Waals surface area contributed by atoms with Crippen LogP contribution in [0.5, 0.6) is 5.75 Å². The van der Waals surface area contributed by atoms with Gasteiger partial charge in [0.05, 0.1) is 25.7 Å². The first-order chi connectivity index (χ1) is 11.1. The van der Waals surface area contributed by atoms with Crippen molar-refractivity contribution < 1.29 is 14.6 Å². The molecule has 5 heteroatoms. The highest BCUT2D eigenvalue weighted by molar-refractivity contribution is 5.80. The zero-order valence-corrected chi connectivity index (χ0v) is 13.8. The number of para-hydroxylation sites is 1. The van der Waals surface area contributed by atoms with E-state index in [0.29, 0.717) is 32.5 Å². The van der Waals surface area contributed by atoms with Gasteiger partial charge in [0.2, 0.25) is 5.91 Å². The number of carbonyl (C=O) groups excluding carboxylic acids is 1. The molecule has 0 saturated carbocycles. The SMILES string of the molecule is COc1ccccc1CC(=O)N1CC[C@@](O)(CN2CCCC2)C1. The van der Waals surface area contributed by atoms with E-state index in [1.54, 1.807) is 12.0 Å². The second kappa shape index (κ2) is 6.89. The molecule has 1 aromatic carbocycles. The Morgan fingerprint density at radius 1 is 1.26 bits per heavy atom. The van der Waals surface area contributed by atoms with Gasteiger partial charge in [-0.2, -0.15) is 0 Å². The fourth-order valence-electron chi connectivity index (χ4n) is 3.68. The van der Waals surface area contributed by atoms with Crippen LogP contribution in [0.4, 0.5) is 0 Å². The molecule has 2 fully saturated rings. The Morgan fingerprint density at radius 3 is 2.74 bits per heavy atom. The van der Waals surface area contributed by atoms with Crippen molar-refractivity contribution in [2.24, 2.45) is 0 Å². The van der Waals surface area contributed by atoms with Crippen LogP contribution in [0.2, 0.25) is 0 Å². The Balaban J connectivity index is 1.58. The lowest BCUT2D eigenvalue weighted by molar-refractivity contribution is -0.130. The summed E-state index contributed by atoms with van der Waals surface area (Å²) >= 11 is 0. The van der Waals surface area contributed by atoms with E-state index < -0.39 is 5.60 Å². The van der Waals surface area contributed by atoms with Gasteiger partial charge in [-0.25, -0.2) is 0 Å². The molecule has 0 unspecified atom stereocenters. The van der Waals surface area contributed by atoms with Gasteiger partial charge in [-0.1, -0.05) is 18.2 Å². The smallest absolute Gasteiger partial charge is 0.227 e. The number of aliphatic hydroxyl groups is 1. The predicted molar refractivity (Wildman–Crippen MR) is 88.5 cm³/mol. The van der Waals surface area contributed by atoms with Crippen molar-refractivity contribution in [2.45, 2.75) is 31.3 Å². The van der Waals surface area contributed by atoms with Crippen LogP contribution in [-0.2, 0) is 11.2 Å². The van der Waals surface area contributed by atoms with Gasteiger partial charge in [0, 0.05) is 18.7 Å². The quantitative estimate of drug-likeness (QED) is 0.889. The summed E-state index contributed by atoms with van der Waals surface area (Å²) in [6, 6.07) is 7.61. The van der Waals surface area contributed by atoms with E-state index in [0.717, 1.165) is 24.4 Å². The lowest BCUT2D eigenvalue weighted by atomic mass is 10.0. The summed E-state index contributed by atoms with van der Waals surface area (Å²) in [5.74, 6) is 0.805. The third kappa shape index (κ3) is 3.85. The summed E-state index contributed by atoms with van der Waals surface area (Å²) in [6.45, 7) is 3.90. The number of β-amino-alcohol motifs (C(OH)–C–C–N with tert-alkyl or cyclic N) is 1. The zero-order valence-electron chi connectivity index (χ0n) is 13.8. The Labute approximate surface area is 137 Å². The van der Waals surface area contributed by atoms with E-state index in [2.05, 4.69) is 4.90 Å². The van der Waals surface area contributed by atoms with Gasteiger partial charge in [-0.05, 0) is 38.4 Å². The van der Waals surface area contributed by atoms with Gasteiger partial charge < -0.3 is 19.6 Å². The first-order valence-electron chi connectivity index (χ1n) is 8.44. The van der Waals surface area contributed by atoms with Crippen LogP contribution < -0.4 is 4.74 Å². The van der Waals surface area contributed by atoms with Crippen LogP contribution in [-0.4, -0.2) is 66.2 Å². The fraction of sp³-hybridized carbons (Fsp3) is 0.611. The molecule has 1 amide bonds. The standard InChI is InChI=1S/C18H26N2O3/c1-23-16-7-3-2-6-15(16)12-17(21)20-11-8-18(22,14-20)13-19-9-4-5-10-19/h2-3,6-7,22H,4-5,8-14H2,1H3/t18-/m1/s1. The number of likely N-dealkylation sites (tertiary alicyclic amines) is 2. The van der Waals surface area contributed by atoms with Crippen LogP contribution in [0.3, 0.4) is 0 Å². The maximum Gasteiger partial charge on any atom is 0.227 e. The van der Waals surface area contributed by atoms with Gasteiger partial charge in [-0.15, -0.1) is 0 Å². The highest BCUT2D eigenvalue weighted by atomic mass is 16.5. The van der Waals surface area contributed by atoms with Crippen molar-refractivity contribution in [1.82, 2.24) is 9.80 Å². The Kier molecular flexibility index (Phi) is 4.87. The van der Waals surface area contributed by atoms with E-state index in [4.69, 9.17) is 4.74 Å². The van der Waals surface area contributed by atoms with Gasteiger partial charge >= 0.3 is 0 Å². The molecule has 0 spiro atoms. The fourth-order valence-corrected chi connectivity index (χ4v) is 3.68. The molecule has 2 aliphatic heterocycles. The monoisotopic (exact) mass is 318 g/mol. The molecule has 2 saturated heterocycles. The molecule has 0 aliphatic carbocycles. The molecular formula is C18H26N2O3. The molecule has 0 radical (unpaired) electrons. The zero-order chi connectivity index (χ0) is 16.3. The van der Waals surface area contributed by atoms with Gasteiger partial charge in [0.25, 0.3) is 0 Å². The molecule has 1 aromatic rings. The number of hydrogen-bond acceptors (Lipinski definition) is 4. The number of hydrogen-bond donors (Lipinski definition) is 1. The Hall–Kier alpha value is -1.59. The van der Waals surface area contributed by atoms with E-state index in [1.165, 1.54) is 12.8 Å². The first-order valence-corrected chi connectivity index (χ1v) is 8.44. The number of rotatable bonds is 5. The number of nitrogens with zero attached hydrogens (tertiary/aromatic N) is 2. The number of ether oxygens (including phenoxy) is 1. The molecule has 3 rings (SSSR count). The second-order valence-corrected chi connectivity index (χ2v) is 6.76. The van der Waals surface area contributed by atoms with Crippen LogP contribution in [0.1, 0.15) is 24.8 Å². The van der Waals surface area contributed by atoms with E-state index in [9.17, 15) is 9.90 Å². The highest BCUT2D eigenvalue weighted by Gasteiger charge is 2.39. The van der Waals surface area contributed by atoms with Crippen LogP contribution in [0, 0.1) is 0 Å². The van der Waals surface area contributed by atoms with E-state index >= 15 is 0 Å². The molecule has 1 N–H and O–H groups in total. The van der Waals surface area contributed by atoms with Crippen molar-refractivity contribution in [1.29, 1.82) is 0 Å². The van der Waals surface area contributed by atoms with Crippen molar-refractivity contribution in [2.75, 3.05) is 39.8 Å². The van der Waals surface area contributed by atoms with Crippen molar-refractivity contribution in [3.05, 3.63) is 29.8 Å². The highest BCUT2D eigenvalue weighted by Crippen LogP contribution is 2.26. The lowest BCUT2D eigenvalue weighted by Gasteiger charge is -2.28. The topological polar surface area (TPSA) is 53.0 Å². The Bertz CT molecular complexity index is 557. The number of benzene rings is 1. The third-order valence-electron chi connectivity index (χ3n) is 4.94. The van der Waals surface area contributed by atoms with Crippen molar-refractivity contribution in [3.63, 3.8) is 0 Å². The number of amides is 1. The maximum atomic E-state index is 12.6. The van der Waals surface area contributed by atoms with Crippen LogP contribution in [0.25, 0.3) is 0 Å². The summed E-state index contributed by atoms with van der Waals surface area (Å²) in [4.78, 5) is 16.7. The number of methoxy groups -OCH3 is 1. The molecule has 0 bridgehead atoms. The summed E-state index contributed by atoms with van der Waals surface area (Å²) < 4.78 is 5.31. The molecule has 126 valence electrons. The Morgan fingerprint density at radius 2 is 2.00 bits per heavy atom. The van der Waals surface area contributed by atoms with Crippen LogP contribution >= 0.6 is 0 Å². The summed E-state index contributed by atoms with van der Waals surface area (Å²) in [5.41, 5.74) is 0.149. The first kappa shape index (κ1) is 16.3. The molecule has 1 atom stereocenters. The van der Waals surface area contributed by atoms with Crippen LogP contribution in [0.15, 0.2) is 24.3 Å². The molecular weight excluding hydrogens is 292 g/mol. The average Bonchev–Trinajstić information content (AvgIpc) is 3.18. The summed E-state index contributed by atoms with van der Waals surface area (Å²) in [5, 5.41) is 10.8. The lowest BCUT2D eigenvalue weighted by Crippen LogP contribution is -2.45. The van der Waals surface area contributed by atoms with Gasteiger partial charge in [0.1, 0.15) is 5.75 Å². The third-order valence-corrected chi connectivity index (χ3v) is 4.94. The molecule has 23 heavy (non-hydrogen) atoms. The normalized spacial score (nSPS) is 25.0. The molecule has 2 aliphatic rings. The molecule has 5 nitrogen and oxygen atoms in total. The van der Waals surface area contributed by atoms with Gasteiger partial charge in [-0.3, -0.25) is 4.79 Å². The molecule has 2 heterocycles. The van der Waals surface area contributed by atoms with E-state index in [-0.39, 0.29) is 5.91 Å². The predicted octanol–water partition coefficient (Wildman–Crippen LogP) is 1.30. The minimum atomic E-state index is -0.749. The number of carbonyl (C=O) groups is 1. The van der Waals surface area contributed by atoms with Gasteiger partial charge in [0.15, 0.2) is 0 Å². The average molecular weight is 318 g/mol. The second-order valence-electron chi connectivity index (χ2n) is 6.76. The largest absolute Gasteiger partial charge is 0.496 e. The van der Waals surface area contributed by atoms with E-state index in [1.807, 2.05) is 24.3 Å². The van der Waals surface area contributed by atoms with Crippen molar-refractivity contribution in [3.8, 4) is 5.75 Å². The minimum absolute atomic E-state index is 0.0619. The molecule has 0 aromatic heterocycles. The van der Waals surface area contributed by atoms with Crippen molar-refractivity contribution >= 4 is 5.91 Å².